The zero-order valence-corrected chi connectivity index (χ0v) is 10.9. The Balaban J connectivity index is 1.99. The van der Waals surface area contributed by atoms with Gasteiger partial charge >= 0.3 is 0 Å². The summed E-state index contributed by atoms with van der Waals surface area (Å²) in [6.07, 6.45) is 1.60. The van der Waals surface area contributed by atoms with E-state index >= 15 is 0 Å². The second-order valence-corrected chi connectivity index (χ2v) is 5.00. The Morgan fingerprint density at radius 2 is 2.41 bits per heavy atom. The highest BCUT2D eigenvalue weighted by molar-refractivity contribution is 5.10. The molecule has 0 aliphatic carbocycles. The Morgan fingerprint density at radius 3 is 3.00 bits per heavy atom. The number of rotatable bonds is 4. The van der Waals surface area contributed by atoms with E-state index in [4.69, 9.17) is 4.74 Å². The second kappa shape index (κ2) is 5.19. The second-order valence-electron chi connectivity index (χ2n) is 5.00. The van der Waals surface area contributed by atoms with Crippen LogP contribution in [0.3, 0.4) is 0 Å². The van der Waals surface area contributed by atoms with Gasteiger partial charge in [0.1, 0.15) is 0 Å². The predicted molar refractivity (Wildman–Crippen MR) is 65.9 cm³/mol. The Labute approximate surface area is 103 Å². The van der Waals surface area contributed by atoms with Gasteiger partial charge in [-0.3, -0.25) is 4.68 Å². The Bertz CT molecular complexity index is 375. The summed E-state index contributed by atoms with van der Waals surface area (Å²) >= 11 is 0. The molecular formula is C13H22N2O2. The first-order valence-electron chi connectivity index (χ1n) is 6.43. The third-order valence-electron chi connectivity index (χ3n) is 3.48. The van der Waals surface area contributed by atoms with Crippen LogP contribution in [0, 0.1) is 12.8 Å². The van der Waals surface area contributed by atoms with E-state index in [1.54, 1.807) is 0 Å². The maximum atomic E-state index is 10.2. The topological polar surface area (TPSA) is 47.3 Å². The summed E-state index contributed by atoms with van der Waals surface area (Å²) < 4.78 is 7.47. The number of aliphatic hydroxyl groups excluding tert-OH is 1. The lowest BCUT2D eigenvalue weighted by Gasteiger charge is -2.16. The Hall–Kier alpha value is -0.870. The summed E-state index contributed by atoms with van der Waals surface area (Å²) in [5, 5.41) is 14.6. The van der Waals surface area contributed by atoms with Crippen LogP contribution in [0.1, 0.15) is 31.7 Å². The molecule has 2 rings (SSSR count). The maximum Gasteiger partial charge on any atom is 0.0646 e. The minimum atomic E-state index is -0.318. The number of hydrogen-bond acceptors (Lipinski definition) is 3. The fraction of sp³-hybridized carbons (Fsp3) is 0.769. The van der Waals surface area contributed by atoms with Gasteiger partial charge in [-0.05, 0) is 33.3 Å². The van der Waals surface area contributed by atoms with Crippen LogP contribution in [0.25, 0.3) is 0 Å². The van der Waals surface area contributed by atoms with Crippen LogP contribution in [-0.4, -0.2) is 33.7 Å². The van der Waals surface area contributed by atoms with Gasteiger partial charge in [-0.1, -0.05) is 0 Å². The fourth-order valence-corrected chi connectivity index (χ4v) is 2.54. The van der Waals surface area contributed by atoms with Crippen molar-refractivity contribution in [2.45, 2.75) is 52.4 Å². The van der Waals surface area contributed by atoms with Crippen LogP contribution in [0.15, 0.2) is 6.07 Å². The largest absolute Gasteiger partial charge is 0.392 e. The third kappa shape index (κ3) is 2.87. The molecule has 0 saturated carbocycles. The Morgan fingerprint density at radius 1 is 1.65 bits per heavy atom. The molecule has 1 aromatic rings. The van der Waals surface area contributed by atoms with Crippen molar-refractivity contribution in [1.29, 1.82) is 0 Å². The summed E-state index contributed by atoms with van der Waals surface area (Å²) in [7, 11) is 0. The molecule has 1 saturated heterocycles. The summed E-state index contributed by atoms with van der Waals surface area (Å²) in [6, 6.07) is 2.06. The summed E-state index contributed by atoms with van der Waals surface area (Å²) in [4.78, 5) is 0. The number of hydrogen-bond donors (Lipinski definition) is 1. The van der Waals surface area contributed by atoms with Gasteiger partial charge in [0.05, 0.1) is 24.5 Å². The molecule has 1 N–H and O–H groups in total. The minimum Gasteiger partial charge on any atom is -0.392 e. The standard InChI is InChI=1S/C13H22N2O2/c1-4-15-12(5-9(2)14-15)7-13(16)11-6-10(3)17-8-11/h5,10-11,13,16H,4,6-8H2,1-3H3. The average molecular weight is 238 g/mol. The van der Waals surface area contributed by atoms with E-state index in [1.165, 1.54) is 0 Å². The number of aliphatic hydroxyl groups is 1. The first-order chi connectivity index (χ1) is 8.10. The van der Waals surface area contributed by atoms with Crippen molar-refractivity contribution in [2.75, 3.05) is 6.61 Å². The van der Waals surface area contributed by atoms with Crippen LogP contribution in [0.4, 0.5) is 0 Å². The first kappa shape index (κ1) is 12.6. The van der Waals surface area contributed by atoms with E-state index in [0.717, 1.165) is 24.4 Å². The van der Waals surface area contributed by atoms with Gasteiger partial charge in [-0.2, -0.15) is 5.10 Å². The van der Waals surface area contributed by atoms with Crippen molar-refractivity contribution in [2.24, 2.45) is 5.92 Å². The highest BCUT2D eigenvalue weighted by Crippen LogP contribution is 2.24. The number of aromatic nitrogens is 2. The molecule has 1 aromatic heterocycles. The summed E-state index contributed by atoms with van der Waals surface area (Å²) in [5.74, 6) is 0.269. The van der Waals surface area contributed by atoms with Crippen molar-refractivity contribution in [1.82, 2.24) is 9.78 Å². The number of ether oxygens (including phenoxy) is 1. The molecule has 1 aliphatic rings. The van der Waals surface area contributed by atoms with Gasteiger partial charge in [0.2, 0.25) is 0 Å². The molecule has 0 radical (unpaired) electrons. The predicted octanol–water partition coefficient (Wildman–Crippen LogP) is 1.54. The highest BCUT2D eigenvalue weighted by Gasteiger charge is 2.29. The highest BCUT2D eigenvalue weighted by atomic mass is 16.5. The molecule has 96 valence electrons. The summed E-state index contributed by atoms with van der Waals surface area (Å²) in [6.45, 7) is 7.66. The number of aryl methyl sites for hydroxylation is 2. The fourth-order valence-electron chi connectivity index (χ4n) is 2.54. The molecule has 0 bridgehead atoms. The molecule has 3 unspecified atom stereocenters. The van der Waals surface area contributed by atoms with Crippen molar-refractivity contribution in [3.05, 3.63) is 17.5 Å². The molecule has 1 aliphatic heterocycles. The lowest BCUT2D eigenvalue weighted by atomic mass is 9.96. The zero-order valence-electron chi connectivity index (χ0n) is 10.9. The summed E-state index contributed by atoms with van der Waals surface area (Å²) in [5.41, 5.74) is 2.14. The molecule has 1 fully saturated rings. The van der Waals surface area contributed by atoms with Gasteiger partial charge < -0.3 is 9.84 Å². The van der Waals surface area contributed by atoms with Crippen LogP contribution < -0.4 is 0 Å². The molecule has 2 heterocycles. The van der Waals surface area contributed by atoms with E-state index in [0.29, 0.717) is 13.0 Å². The number of nitrogens with zero attached hydrogens (tertiary/aromatic N) is 2. The SMILES string of the molecule is CCn1nc(C)cc1CC(O)C1COC(C)C1. The van der Waals surface area contributed by atoms with Gasteiger partial charge in [0.25, 0.3) is 0 Å². The van der Waals surface area contributed by atoms with Gasteiger partial charge in [0.15, 0.2) is 0 Å². The van der Waals surface area contributed by atoms with E-state index in [2.05, 4.69) is 25.0 Å². The van der Waals surface area contributed by atoms with Crippen molar-refractivity contribution in [3.63, 3.8) is 0 Å². The van der Waals surface area contributed by atoms with E-state index in [1.807, 2.05) is 11.6 Å². The maximum absolute atomic E-state index is 10.2. The monoisotopic (exact) mass is 238 g/mol. The van der Waals surface area contributed by atoms with E-state index in [-0.39, 0.29) is 18.1 Å². The van der Waals surface area contributed by atoms with E-state index < -0.39 is 0 Å². The van der Waals surface area contributed by atoms with Crippen LogP contribution >= 0.6 is 0 Å². The van der Waals surface area contributed by atoms with Gasteiger partial charge in [-0.25, -0.2) is 0 Å². The van der Waals surface area contributed by atoms with Crippen LogP contribution in [-0.2, 0) is 17.7 Å². The average Bonchev–Trinajstić information content (AvgIpc) is 2.85. The lowest BCUT2D eigenvalue weighted by molar-refractivity contribution is 0.0795. The van der Waals surface area contributed by atoms with Crippen molar-refractivity contribution >= 4 is 0 Å². The minimum absolute atomic E-state index is 0.269. The van der Waals surface area contributed by atoms with E-state index in [9.17, 15) is 5.11 Å². The molecule has 0 aromatic carbocycles. The third-order valence-corrected chi connectivity index (χ3v) is 3.48. The molecule has 0 spiro atoms. The quantitative estimate of drug-likeness (QED) is 0.865. The lowest BCUT2D eigenvalue weighted by Crippen LogP contribution is -2.24. The molecule has 4 nitrogen and oxygen atoms in total. The normalized spacial score (nSPS) is 26.4. The molecule has 0 amide bonds. The molecular weight excluding hydrogens is 216 g/mol. The molecule has 3 atom stereocenters. The van der Waals surface area contributed by atoms with Crippen LogP contribution in [0.5, 0.6) is 0 Å². The smallest absolute Gasteiger partial charge is 0.0646 e. The zero-order chi connectivity index (χ0) is 12.4. The van der Waals surface area contributed by atoms with Gasteiger partial charge in [0, 0.05) is 24.6 Å². The van der Waals surface area contributed by atoms with Crippen molar-refractivity contribution in [3.8, 4) is 0 Å². The van der Waals surface area contributed by atoms with Crippen LogP contribution in [0.2, 0.25) is 0 Å². The van der Waals surface area contributed by atoms with Crippen molar-refractivity contribution < 1.29 is 9.84 Å². The Kier molecular flexibility index (Phi) is 3.84. The molecule has 17 heavy (non-hydrogen) atoms. The first-order valence-corrected chi connectivity index (χ1v) is 6.43. The van der Waals surface area contributed by atoms with Gasteiger partial charge in [-0.15, -0.1) is 0 Å². The molecule has 4 heteroatoms.